The fourth-order valence-electron chi connectivity index (χ4n) is 2.18. The molecule has 1 aromatic rings. The van der Waals surface area contributed by atoms with Gasteiger partial charge in [-0.15, -0.1) is 22.9 Å². The van der Waals surface area contributed by atoms with Crippen molar-refractivity contribution in [2.24, 2.45) is 0 Å². The van der Waals surface area contributed by atoms with Gasteiger partial charge in [-0.25, -0.2) is 8.42 Å². The minimum absolute atomic E-state index is 0.176. The molecule has 7 heteroatoms. The predicted molar refractivity (Wildman–Crippen MR) is 77.4 cm³/mol. The molecular formula is C12H18ClNO3S2. The molecule has 0 aliphatic carbocycles. The van der Waals surface area contributed by atoms with Gasteiger partial charge in [-0.2, -0.15) is 4.31 Å². The molecule has 0 aromatic carbocycles. The summed E-state index contributed by atoms with van der Waals surface area (Å²) in [4.78, 5) is 0.923. The highest BCUT2D eigenvalue weighted by Crippen LogP contribution is 2.31. The molecule has 0 bridgehead atoms. The number of sulfonamides is 1. The predicted octanol–water partition coefficient (Wildman–Crippen LogP) is 2.59. The van der Waals surface area contributed by atoms with Crippen LogP contribution in [0.3, 0.4) is 0 Å². The van der Waals surface area contributed by atoms with Gasteiger partial charge < -0.3 is 4.74 Å². The van der Waals surface area contributed by atoms with E-state index >= 15 is 0 Å². The van der Waals surface area contributed by atoms with Crippen molar-refractivity contribution in [1.29, 1.82) is 0 Å². The maximum atomic E-state index is 12.5. The Labute approximate surface area is 123 Å². The second-order valence-electron chi connectivity index (χ2n) is 4.64. The second kappa shape index (κ2) is 6.10. The summed E-state index contributed by atoms with van der Waals surface area (Å²) in [5.74, 6) is 0.359. The van der Waals surface area contributed by atoms with E-state index in [4.69, 9.17) is 16.3 Å². The number of methoxy groups -OCH3 is 1. The summed E-state index contributed by atoms with van der Waals surface area (Å²) >= 11 is 7.08. The third-order valence-electron chi connectivity index (χ3n) is 3.45. The first-order valence-corrected chi connectivity index (χ1v) is 8.96. The zero-order valence-corrected chi connectivity index (χ0v) is 13.4. The van der Waals surface area contributed by atoms with Crippen LogP contribution in [0.15, 0.2) is 10.3 Å². The molecule has 2 heterocycles. The summed E-state index contributed by atoms with van der Waals surface area (Å²) in [5.41, 5.74) is 0.949. The summed E-state index contributed by atoms with van der Waals surface area (Å²) in [6.45, 7) is 2.94. The van der Waals surface area contributed by atoms with E-state index < -0.39 is 10.0 Å². The van der Waals surface area contributed by atoms with Crippen LogP contribution in [0.1, 0.15) is 23.3 Å². The smallest absolute Gasteiger partial charge is 0.252 e. The van der Waals surface area contributed by atoms with Gasteiger partial charge in [0.25, 0.3) is 10.0 Å². The molecule has 1 fully saturated rings. The molecule has 0 atom stereocenters. The standard InChI is InChI=1S/C12H18ClNO3S2/c1-9-7-12(18-11(9)8-13)19(15,16)14-5-3-10(17-2)4-6-14/h7,10H,3-6,8H2,1-2H3. The molecule has 1 aromatic heterocycles. The van der Waals surface area contributed by atoms with E-state index in [1.807, 2.05) is 6.92 Å². The summed E-state index contributed by atoms with van der Waals surface area (Å²) in [5, 5.41) is 0. The second-order valence-corrected chi connectivity index (χ2v) is 8.21. The van der Waals surface area contributed by atoms with Crippen LogP contribution in [-0.2, 0) is 20.6 Å². The van der Waals surface area contributed by atoms with E-state index in [1.54, 1.807) is 17.5 Å². The Balaban J connectivity index is 2.18. The van der Waals surface area contributed by atoms with Gasteiger partial charge in [0.15, 0.2) is 0 Å². The molecule has 0 saturated carbocycles. The third-order valence-corrected chi connectivity index (χ3v) is 7.46. The van der Waals surface area contributed by atoms with Crippen molar-refractivity contribution in [3.63, 3.8) is 0 Å². The largest absolute Gasteiger partial charge is 0.381 e. The maximum Gasteiger partial charge on any atom is 0.252 e. The molecule has 108 valence electrons. The minimum Gasteiger partial charge on any atom is -0.381 e. The molecule has 1 aliphatic rings. The van der Waals surface area contributed by atoms with E-state index in [2.05, 4.69) is 0 Å². The number of nitrogens with zero attached hydrogens (tertiary/aromatic N) is 1. The van der Waals surface area contributed by atoms with Crippen LogP contribution >= 0.6 is 22.9 Å². The Morgan fingerprint density at radius 3 is 2.58 bits per heavy atom. The zero-order valence-electron chi connectivity index (χ0n) is 11.1. The molecule has 4 nitrogen and oxygen atoms in total. The molecule has 1 aliphatic heterocycles. The van der Waals surface area contributed by atoms with Crippen molar-refractivity contribution in [3.05, 3.63) is 16.5 Å². The Hall–Kier alpha value is -0.140. The lowest BCUT2D eigenvalue weighted by molar-refractivity contribution is 0.0605. The molecule has 0 N–H and O–H groups in total. The number of ether oxygens (including phenoxy) is 1. The van der Waals surface area contributed by atoms with Gasteiger partial charge in [-0.05, 0) is 31.4 Å². The van der Waals surface area contributed by atoms with Gasteiger partial charge in [0.05, 0.1) is 12.0 Å². The summed E-state index contributed by atoms with van der Waals surface area (Å²) in [6, 6.07) is 1.72. The van der Waals surface area contributed by atoms with Crippen LogP contribution in [0, 0.1) is 6.92 Å². The molecule has 2 rings (SSSR count). The van der Waals surface area contributed by atoms with Crippen LogP contribution in [-0.4, -0.2) is 39.0 Å². The lowest BCUT2D eigenvalue weighted by atomic mass is 10.1. The lowest BCUT2D eigenvalue weighted by Crippen LogP contribution is -2.40. The van der Waals surface area contributed by atoms with Gasteiger partial charge >= 0.3 is 0 Å². The van der Waals surface area contributed by atoms with E-state index in [1.165, 1.54) is 11.3 Å². The Bertz CT molecular complexity index is 533. The number of aryl methyl sites for hydroxylation is 1. The Morgan fingerprint density at radius 1 is 1.47 bits per heavy atom. The Morgan fingerprint density at radius 2 is 2.11 bits per heavy atom. The van der Waals surface area contributed by atoms with Gasteiger partial charge in [-0.1, -0.05) is 0 Å². The first kappa shape index (κ1) is 15.3. The number of thiophene rings is 1. The average Bonchev–Trinajstić information content (AvgIpc) is 2.81. The maximum absolute atomic E-state index is 12.5. The van der Waals surface area contributed by atoms with Gasteiger partial charge in [0.2, 0.25) is 0 Å². The fourth-order valence-corrected chi connectivity index (χ4v) is 5.62. The van der Waals surface area contributed by atoms with Crippen LogP contribution in [0.4, 0.5) is 0 Å². The molecule has 19 heavy (non-hydrogen) atoms. The number of alkyl halides is 1. The van der Waals surface area contributed by atoms with Gasteiger partial charge in [0.1, 0.15) is 4.21 Å². The highest BCUT2D eigenvalue weighted by Gasteiger charge is 2.30. The van der Waals surface area contributed by atoms with Crippen molar-refractivity contribution in [3.8, 4) is 0 Å². The van der Waals surface area contributed by atoms with Crippen LogP contribution in [0.2, 0.25) is 0 Å². The first-order chi connectivity index (χ1) is 8.98. The van der Waals surface area contributed by atoms with E-state index in [0.29, 0.717) is 23.2 Å². The van der Waals surface area contributed by atoms with Crippen LogP contribution < -0.4 is 0 Å². The van der Waals surface area contributed by atoms with Crippen LogP contribution in [0.5, 0.6) is 0 Å². The molecule has 0 amide bonds. The van der Waals surface area contributed by atoms with Crippen molar-refractivity contribution >= 4 is 33.0 Å². The van der Waals surface area contributed by atoms with Crippen molar-refractivity contribution < 1.29 is 13.2 Å². The van der Waals surface area contributed by atoms with Crippen LogP contribution in [0.25, 0.3) is 0 Å². The zero-order chi connectivity index (χ0) is 14.0. The topological polar surface area (TPSA) is 46.6 Å². The number of halogens is 1. The fraction of sp³-hybridized carbons (Fsp3) is 0.667. The van der Waals surface area contributed by atoms with Crippen molar-refractivity contribution in [2.75, 3.05) is 20.2 Å². The minimum atomic E-state index is -3.37. The van der Waals surface area contributed by atoms with Crippen molar-refractivity contribution in [1.82, 2.24) is 4.31 Å². The summed E-state index contributed by atoms with van der Waals surface area (Å²) < 4.78 is 32.2. The number of piperidine rings is 1. The summed E-state index contributed by atoms with van der Waals surface area (Å²) in [6.07, 6.45) is 1.68. The molecule has 1 saturated heterocycles. The summed E-state index contributed by atoms with van der Waals surface area (Å²) in [7, 11) is -1.70. The quantitative estimate of drug-likeness (QED) is 0.800. The van der Waals surface area contributed by atoms with Crippen molar-refractivity contribution in [2.45, 2.75) is 36.0 Å². The lowest BCUT2D eigenvalue weighted by Gasteiger charge is -2.29. The third kappa shape index (κ3) is 3.13. The monoisotopic (exact) mass is 323 g/mol. The molecule has 0 spiro atoms. The molecule has 0 radical (unpaired) electrons. The number of hydrogen-bond acceptors (Lipinski definition) is 4. The van der Waals surface area contributed by atoms with E-state index in [9.17, 15) is 8.42 Å². The molecule has 0 unspecified atom stereocenters. The molecular weight excluding hydrogens is 306 g/mol. The van der Waals surface area contributed by atoms with E-state index in [0.717, 1.165) is 23.3 Å². The highest BCUT2D eigenvalue weighted by atomic mass is 35.5. The highest BCUT2D eigenvalue weighted by molar-refractivity contribution is 7.91. The SMILES string of the molecule is COC1CCN(S(=O)(=O)c2cc(C)c(CCl)s2)CC1. The normalized spacial score (nSPS) is 18.9. The average molecular weight is 324 g/mol. The van der Waals surface area contributed by atoms with Gasteiger partial charge in [-0.3, -0.25) is 0 Å². The number of rotatable bonds is 4. The number of hydrogen-bond donors (Lipinski definition) is 0. The first-order valence-electron chi connectivity index (χ1n) is 6.17. The Kier molecular flexibility index (Phi) is 4.89. The van der Waals surface area contributed by atoms with E-state index in [-0.39, 0.29) is 6.10 Å². The van der Waals surface area contributed by atoms with Gasteiger partial charge in [0, 0.05) is 25.1 Å².